The standard InChI is InChI=1S/C16H12N2/c17-15-9-5-13(6-10-15)3-1-2-4-14-7-11-16(18)12-8-14/h1-12H/b2-1+. The smallest absolute Gasteiger partial charge is 0.0857 e. The highest BCUT2D eigenvalue weighted by atomic mass is 14.4. The number of rotatable bonds is 2. The second kappa shape index (κ2) is 5.73. The molecule has 2 radical (unpaired) electrons. The predicted octanol–water partition coefficient (Wildman–Crippen LogP) is 2.13. The van der Waals surface area contributed by atoms with Gasteiger partial charge in [-0.15, -0.1) is 0 Å². The van der Waals surface area contributed by atoms with Gasteiger partial charge in [-0.3, -0.25) is 0 Å². The molecule has 0 saturated carbocycles. The van der Waals surface area contributed by atoms with Crippen LogP contribution in [0, 0.1) is 0 Å². The molecule has 18 heavy (non-hydrogen) atoms. The van der Waals surface area contributed by atoms with Gasteiger partial charge in [0.25, 0.3) is 0 Å². The molecule has 0 bridgehead atoms. The molecular formula is C16H12N2. The van der Waals surface area contributed by atoms with Gasteiger partial charge in [-0.2, -0.15) is 10.8 Å². The molecule has 0 aliphatic heterocycles. The number of nitrogens with zero attached hydrogens (tertiary/aromatic N) is 2. The van der Waals surface area contributed by atoms with Gasteiger partial charge in [0.2, 0.25) is 0 Å². The molecule has 2 heteroatoms. The molecule has 0 aromatic rings. The molecule has 2 aliphatic rings. The minimum Gasteiger partial charge on any atom is -0.151 e. The van der Waals surface area contributed by atoms with Crippen molar-refractivity contribution in [2.24, 2.45) is 0 Å². The highest BCUT2D eigenvalue weighted by molar-refractivity contribution is 6.04. The molecule has 2 aliphatic carbocycles. The molecule has 0 heterocycles. The van der Waals surface area contributed by atoms with Crippen molar-refractivity contribution in [3.63, 3.8) is 0 Å². The minimum atomic E-state index is 0.270. The summed E-state index contributed by atoms with van der Waals surface area (Å²) in [4.78, 5) is 0. The third kappa shape index (κ3) is 3.52. The van der Waals surface area contributed by atoms with E-state index in [4.69, 9.17) is 10.8 Å². The van der Waals surface area contributed by atoms with Gasteiger partial charge in [0.1, 0.15) is 0 Å². The van der Waals surface area contributed by atoms with Crippen molar-refractivity contribution in [2.75, 3.05) is 0 Å². The molecule has 0 unspecified atom stereocenters. The molecule has 2 rings (SSSR count). The van der Waals surface area contributed by atoms with Crippen molar-refractivity contribution in [1.29, 1.82) is 0 Å². The topological polar surface area (TPSA) is 44.6 Å². The third-order valence-electron chi connectivity index (χ3n) is 2.47. The zero-order valence-electron chi connectivity index (χ0n) is 9.82. The quantitative estimate of drug-likeness (QED) is 0.700. The van der Waals surface area contributed by atoms with Crippen LogP contribution >= 0.6 is 0 Å². The zero-order valence-corrected chi connectivity index (χ0v) is 9.82. The SMILES string of the molecule is [N]=C1C=CC(=C/C=C/C=C2C=CC(=[N])C=C2)C=C1. The first-order valence-corrected chi connectivity index (χ1v) is 5.67. The first-order valence-electron chi connectivity index (χ1n) is 5.67. The predicted molar refractivity (Wildman–Crippen MR) is 76.1 cm³/mol. The van der Waals surface area contributed by atoms with Gasteiger partial charge in [-0.1, -0.05) is 48.6 Å². The molecule has 0 aromatic heterocycles. The van der Waals surface area contributed by atoms with Gasteiger partial charge in [-0.25, -0.2) is 0 Å². The number of hydrogen-bond acceptors (Lipinski definition) is 0. The monoisotopic (exact) mass is 232 g/mol. The van der Waals surface area contributed by atoms with Crippen LogP contribution in [-0.4, -0.2) is 11.4 Å². The van der Waals surface area contributed by atoms with E-state index in [0.29, 0.717) is 0 Å². The van der Waals surface area contributed by atoms with E-state index in [9.17, 15) is 0 Å². The average molecular weight is 232 g/mol. The van der Waals surface area contributed by atoms with Crippen LogP contribution < -0.4 is 10.8 Å². The molecule has 2 nitrogen and oxygen atoms in total. The summed E-state index contributed by atoms with van der Waals surface area (Å²) in [6.07, 6.45) is 21.8. The first kappa shape index (κ1) is 12.0. The Morgan fingerprint density at radius 3 is 1.22 bits per heavy atom. The van der Waals surface area contributed by atoms with Crippen LogP contribution in [-0.2, 0) is 0 Å². The van der Waals surface area contributed by atoms with Crippen molar-refractivity contribution in [3.8, 4) is 0 Å². The third-order valence-corrected chi connectivity index (χ3v) is 2.47. The first-order chi connectivity index (χ1) is 8.74. The summed E-state index contributed by atoms with van der Waals surface area (Å²) >= 11 is 0. The van der Waals surface area contributed by atoms with Crippen molar-refractivity contribution >= 4 is 11.4 Å². The maximum absolute atomic E-state index is 9.14. The molecule has 0 spiro atoms. The molecule has 86 valence electrons. The zero-order chi connectivity index (χ0) is 12.8. The van der Waals surface area contributed by atoms with Gasteiger partial charge >= 0.3 is 0 Å². The van der Waals surface area contributed by atoms with E-state index in [1.165, 1.54) is 0 Å². The summed E-state index contributed by atoms with van der Waals surface area (Å²) in [5.74, 6) is 0. The van der Waals surface area contributed by atoms with Gasteiger partial charge in [0.05, 0.1) is 11.4 Å². The van der Waals surface area contributed by atoms with Gasteiger partial charge in [0.15, 0.2) is 0 Å². The Kier molecular flexibility index (Phi) is 3.82. The summed E-state index contributed by atoms with van der Waals surface area (Å²) in [6, 6.07) is 0. The fraction of sp³-hybridized carbons (Fsp3) is 0. The van der Waals surface area contributed by atoms with E-state index in [0.717, 1.165) is 11.1 Å². The Balaban J connectivity index is 1.97. The number of hydrogen-bond donors (Lipinski definition) is 0. The summed E-state index contributed by atoms with van der Waals surface area (Å²) in [5.41, 5.74) is 2.60. The highest BCUT2D eigenvalue weighted by Gasteiger charge is 1.95. The Morgan fingerprint density at radius 2 is 0.889 bits per heavy atom. The maximum atomic E-state index is 9.14. The van der Waals surface area contributed by atoms with Crippen molar-refractivity contribution in [3.05, 3.63) is 84.1 Å². The summed E-state index contributed by atoms with van der Waals surface area (Å²) in [6.45, 7) is 0. The van der Waals surface area contributed by atoms with E-state index in [1.807, 2.05) is 48.6 Å². The molecule has 0 fully saturated rings. The van der Waals surface area contributed by atoms with Crippen LogP contribution in [0.25, 0.3) is 0 Å². The van der Waals surface area contributed by atoms with Crippen LogP contribution in [0.1, 0.15) is 0 Å². The van der Waals surface area contributed by atoms with Crippen molar-refractivity contribution < 1.29 is 0 Å². The largest absolute Gasteiger partial charge is 0.151 e. The van der Waals surface area contributed by atoms with Crippen LogP contribution in [0.5, 0.6) is 0 Å². The Bertz CT molecular complexity index is 488. The Morgan fingerprint density at radius 1 is 0.556 bits per heavy atom. The van der Waals surface area contributed by atoms with E-state index < -0.39 is 0 Å². The molecule has 0 saturated heterocycles. The molecular weight excluding hydrogens is 220 g/mol. The van der Waals surface area contributed by atoms with Crippen LogP contribution in [0.2, 0.25) is 0 Å². The summed E-state index contributed by atoms with van der Waals surface area (Å²) in [7, 11) is 0. The van der Waals surface area contributed by atoms with Gasteiger partial charge in [-0.05, 0) is 35.5 Å². The molecule has 0 amide bonds. The lowest BCUT2D eigenvalue weighted by Gasteiger charge is -1.98. The Hall–Kier alpha value is -2.48. The van der Waals surface area contributed by atoms with E-state index in [2.05, 4.69) is 0 Å². The normalized spacial score (nSPS) is 18.0. The van der Waals surface area contributed by atoms with Crippen molar-refractivity contribution in [2.45, 2.75) is 0 Å². The van der Waals surface area contributed by atoms with Gasteiger partial charge < -0.3 is 0 Å². The average Bonchev–Trinajstić information content (AvgIpc) is 2.39. The second-order valence-corrected chi connectivity index (χ2v) is 3.90. The second-order valence-electron chi connectivity index (χ2n) is 3.90. The fourth-order valence-electron chi connectivity index (χ4n) is 1.50. The molecule has 0 N–H and O–H groups in total. The van der Waals surface area contributed by atoms with Gasteiger partial charge in [0, 0.05) is 0 Å². The molecule has 0 aromatic carbocycles. The van der Waals surface area contributed by atoms with Crippen LogP contribution in [0.3, 0.4) is 0 Å². The van der Waals surface area contributed by atoms with Crippen LogP contribution in [0.15, 0.2) is 84.1 Å². The summed E-state index contributed by atoms with van der Waals surface area (Å²) in [5, 5.41) is 18.3. The van der Waals surface area contributed by atoms with E-state index >= 15 is 0 Å². The fourth-order valence-corrected chi connectivity index (χ4v) is 1.50. The molecule has 0 atom stereocenters. The lowest BCUT2D eigenvalue weighted by atomic mass is 10.1. The maximum Gasteiger partial charge on any atom is 0.0857 e. The Labute approximate surface area is 107 Å². The van der Waals surface area contributed by atoms with E-state index in [-0.39, 0.29) is 11.4 Å². The van der Waals surface area contributed by atoms with Crippen LogP contribution in [0.4, 0.5) is 0 Å². The summed E-state index contributed by atoms with van der Waals surface area (Å²) < 4.78 is 0. The van der Waals surface area contributed by atoms with Crippen molar-refractivity contribution in [1.82, 2.24) is 10.8 Å². The highest BCUT2D eigenvalue weighted by Crippen LogP contribution is 2.07. The lowest BCUT2D eigenvalue weighted by Crippen LogP contribution is -1.93. The van der Waals surface area contributed by atoms with E-state index in [1.54, 1.807) is 24.3 Å². The lowest BCUT2D eigenvalue weighted by molar-refractivity contribution is 1.62. The number of allylic oxidation sites excluding steroid dienone is 14. The minimum absolute atomic E-state index is 0.270.